The van der Waals surface area contributed by atoms with Crippen molar-refractivity contribution in [3.05, 3.63) is 65.9 Å². The van der Waals surface area contributed by atoms with Gasteiger partial charge in [0.05, 0.1) is 0 Å². The number of piperidine rings is 1. The van der Waals surface area contributed by atoms with Gasteiger partial charge in [0.2, 0.25) is 5.88 Å². The maximum absolute atomic E-state index is 12.9. The molecule has 2 aromatic heterocycles. The molecule has 0 bridgehead atoms. The summed E-state index contributed by atoms with van der Waals surface area (Å²) in [5.74, 6) is 1.31. The van der Waals surface area contributed by atoms with Crippen LogP contribution < -0.4 is 4.74 Å². The van der Waals surface area contributed by atoms with Crippen LogP contribution in [0.2, 0.25) is 0 Å². The zero-order chi connectivity index (χ0) is 19.5. The van der Waals surface area contributed by atoms with E-state index in [4.69, 9.17) is 4.74 Å². The van der Waals surface area contributed by atoms with Crippen molar-refractivity contribution in [2.24, 2.45) is 7.05 Å². The molecule has 1 aromatic carbocycles. The van der Waals surface area contributed by atoms with Crippen LogP contribution in [-0.2, 0) is 7.05 Å². The third kappa shape index (κ3) is 3.74. The minimum atomic E-state index is -0.00501. The Labute approximate surface area is 164 Å². The fourth-order valence-electron chi connectivity index (χ4n) is 3.54. The summed E-state index contributed by atoms with van der Waals surface area (Å²) in [6, 6.07) is 9.60. The van der Waals surface area contributed by atoms with Crippen LogP contribution in [-0.4, -0.2) is 43.6 Å². The van der Waals surface area contributed by atoms with Crippen LogP contribution in [0.4, 0.5) is 0 Å². The molecule has 0 radical (unpaired) electrons. The predicted octanol–water partition coefficient (Wildman–Crippen LogP) is 3.33. The Kier molecular flexibility index (Phi) is 5.06. The number of amides is 1. The number of carbonyl (C=O) groups excluding carboxylic acids is 1. The summed E-state index contributed by atoms with van der Waals surface area (Å²) in [5, 5.41) is 4.10. The molecule has 0 saturated carbocycles. The number of nitrogens with zero attached hydrogens (tertiary/aromatic N) is 5. The summed E-state index contributed by atoms with van der Waals surface area (Å²) in [6.45, 7) is 3.36. The molecule has 0 spiro atoms. The quantitative estimate of drug-likeness (QED) is 0.697. The number of carbonyl (C=O) groups is 1. The number of rotatable bonds is 4. The van der Waals surface area contributed by atoms with Gasteiger partial charge in [-0.05, 0) is 38.0 Å². The molecule has 7 heteroatoms. The number of likely N-dealkylation sites (tertiary alicyclic amines) is 1. The second-order valence-electron chi connectivity index (χ2n) is 7.09. The van der Waals surface area contributed by atoms with Gasteiger partial charge in [-0.1, -0.05) is 17.7 Å². The normalized spacial score (nSPS) is 16.8. The number of aryl methyl sites for hydroxylation is 2. The molecular formula is C21H23N5O2. The van der Waals surface area contributed by atoms with Crippen LogP contribution in [0, 0.1) is 6.92 Å². The highest BCUT2D eigenvalue weighted by Crippen LogP contribution is 2.33. The van der Waals surface area contributed by atoms with Gasteiger partial charge in [0.25, 0.3) is 5.91 Å². The van der Waals surface area contributed by atoms with E-state index in [1.54, 1.807) is 36.4 Å². The molecule has 1 aliphatic heterocycles. The van der Waals surface area contributed by atoms with E-state index in [0.29, 0.717) is 18.1 Å². The van der Waals surface area contributed by atoms with Crippen molar-refractivity contribution < 1.29 is 9.53 Å². The van der Waals surface area contributed by atoms with E-state index < -0.39 is 0 Å². The lowest BCUT2D eigenvalue weighted by Gasteiger charge is -2.32. The fourth-order valence-corrected chi connectivity index (χ4v) is 3.54. The fraction of sp³-hybridized carbons (Fsp3) is 0.333. The third-order valence-electron chi connectivity index (χ3n) is 5.06. The van der Waals surface area contributed by atoms with Crippen molar-refractivity contribution >= 4 is 5.91 Å². The molecule has 1 amide bonds. The van der Waals surface area contributed by atoms with Crippen LogP contribution >= 0.6 is 0 Å². The predicted molar refractivity (Wildman–Crippen MR) is 104 cm³/mol. The molecule has 3 aromatic rings. The van der Waals surface area contributed by atoms with Gasteiger partial charge in [0.1, 0.15) is 17.1 Å². The lowest BCUT2D eigenvalue weighted by Crippen LogP contribution is -2.40. The summed E-state index contributed by atoms with van der Waals surface area (Å²) >= 11 is 0. The number of aromatic nitrogens is 4. The Bertz CT molecular complexity index is 967. The summed E-state index contributed by atoms with van der Waals surface area (Å²) in [5.41, 5.74) is 2.56. The highest BCUT2D eigenvalue weighted by atomic mass is 16.5. The molecule has 7 nitrogen and oxygen atoms in total. The second-order valence-corrected chi connectivity index (χ2v) is 7.09. The number of ether oxygens (including phenoxy) is 1. The van der Waals surface area contributed by atoms with Crippen molar-refractivity contribution in [1.29, 1.82) is 0 Å². The molecule has 4 rings (SSSR count). The highest BCUT2D eigenvalue weighted by Gasteiger charge is 2.29. The second kappa shape index (κ2) is 7.80. The highest BCUT2D eigenvalue weighted by molar-refractivity contribution is 5.92. The van der Waals surface area contributed by atoms with Crippen LogP contribution in [0.25, 0.3) is 0 Å². The molecule has 0 aliphatic carbocycles. The Morgan fingerprint density at radius 3 is 2.64 bits per heavy atom. The first-order valence-electron chi connectivity index (χ1n) is 9.44. The van der Waals surface area contributed by atoms with E-state index in [-0.39, 0.29) is 11.8 Å². The maximum atomic E-state index is 12.9. The van der Waals surface area contributed by atoms with E-state index in [1.165, 1.54) is 5.56 Å². The summed E-state index contributed by atoms with van der Waals surface area (Å²) < 4.78 is 7.62. The first-order chi connectivity index (χ1) is 13.6. The Balaban J connectivity index is 1.54. The van der Waals surface area contributed by atoms with Gasteiger partial charge in [-0.3, -0.25) is 14.5 Å². The van der Waals surface area contributed by atoms with Crippen molar-refractivity contribution in [3.8, 4) is 11.6 Å². The van der Waals surface area contributed by atoms with E-state index >= 15 is 0 Å². The van der Waals surface area contributed by atoms with Crippen LogP contribution in [0.1, 0.15) is 40.5 Å². The van der Waals surface area contributed by atoms with Gasteiger partial charge < -0.3 is 9.64 Å². The van der Waals surface area contributed by atoms with Crippen LogP contribution in [0.3, 0.4) is 0 Å². The third-order valence-corrected chi connectivity index (χ3v) is 5.06. The van der Waals surface area contributed by atoms with Gasteiger partial charge in [-0.2, -0.15) is 5.10 Å². The molecular weight excluding hydrogens is 354 g/mol. The minimum absolute atomic E-state index is 0.00501. The summed E-state index contributed by atoms with van der Waals surface area (Å²) in [4.78, 5) is 23.7. The summed E-state index contributed by atoms with van der Waals surface area (Å²) in [6.07, 6.45) is 6.81. The molecule has 3 heterocycles. The van der Waals surface area contributed by atoms with Crippen molar-refractivity contribution in [2.75, 3.05) is 13.1 Å². The number of benzene rings is 1. The average Bonchev–Trinajstić information content (AvgIpc) is 3.15. The molecule has 0 unspecified atom stereocenters. The SMILES string of the molecule is Cc1ccc(Oc2nccnc2[C@@H]2CCCN(C(=O)c3ccnn3C)C2)cc1. The first kappa shape index (κ1) is 18.2. The molecule has 144 valence electrons. The topological polar surface area (TPSA) is 73.1 Å². The zero-order valence-electron chi connectivity index (χ0n) is 16.1. The minimum Gasteiger partial charge on any atom is -0.437 e. The summed E-state index contributed by atoms with van der Waals surface area (Å²) in [7, 11) is 1.78. The Morgan fingerprint density at radius 2 is 1.89 bits per heavy atom. The van der Waals surface area contributed by atoms with Gasteiger partial charge in [0, 0.05) is 44.6 Å². The number of hydrogen-bond donors (Lipinski definition) is 0. The Hall–Kier alpha value is -3.22. The molecule has 1 aliphatic rings. The van der Waals surface area contributed by atoms with Crippen LogP contribution in [0.15, 0.2) is 48.9 Å². The van der Waals surface area contributed by atoms with E-state index in [2.05, 4.69) is 15.1 Å². The van der Waals surface area contributed by atoms with Crippen molar-refractivity contribution in [2.45, 2.75) is 25.7 Å². The molecule has 28 heavy (non-hydrogen) atoms. The van der Waals surface area contributed by atoms with Crippen LogP contribution in [0.5, 0.6) is 11.6 Å². The van der Waals surface area contributed by atoms with Gasteiger partial charge in [-0.25, -0.2) is 4.98 Å². The van der Waals surface area contributed by atoms with Gasteiger partial charge in [0.15, 0.2) is 0 Å². The molecule has 1 fully saturated rings. The smallest absolute Gasteiger partial charge is 0.272 e. The first-order valence-corrected chi connectivity index (χ1v) is 9.44. The van der Waals surface area contributed by atoms with Gasteiger partial charge >= 0.3 is 0 Å². The Morgan fingerprint density at radius 1 is 1.11 bits per heavy atom. The standard InChI is InChI=1S/C21H23N5O2/c1-15-5-7-17(8-6-15)28-20-19(22-11-12-23-20)16-4-3-13-26(14-16)21(27)18-9-10-24-25(18)2/h5-12,16H,3-4,13-14H2,1-2H3/t16-/m1/s1. The lowest BCUT2D eigenvalue weighted by atomic mass is 9.94. The van der Waals surface area contributed by atoms with Crippen molar-refractivity contribution in [3.63, 3.8) is 0 Å². The largest absolute Gasteiger partial charge is 0.437 e. The monoisotopic (exact) mass is 377 g/mol. The van der Waals surface area contributed by atoms with Crippen molar-refractivity contribution in [1.82, 2.24) is 24.6 Å². The maximum Gasteiger partial charge on any atom is 0.272 e. The lowest BCUT2D eigenvalue weighted by molar-refractivity contribution is 0.0693. The van der Waals surface area contributed by atoms with E-state index in [1.807, 2.05) is 36.1 Å². The average molecular weight is 377 g/mol. The number of hydrogen-bond acceptors (Lipinski definition) is 5. The van der Waals surface area contributed by atoms with E-state index in [0.717, 1.165) is 30.8 Å². The molecule has 1 atom stereocenters. The zero-order valence-corrected chi connectivity index (χ0v) is 16.1. The van der Waals surface area contributed by atoms with E-state index in [9.17, 15) is 4.79 Å². The van der Waals surface area contributed by atoms with Gasteiger partial charge in [-0.15, -0.1) is 0 Å². The molecule has 0 N–H and O–H groups in total. The molecule has 1 saturated heterocycles.